The second kappa shape index (κ2) is 9.90. The summed E-state index contributed by atoms with van der Waals surface area (Å²) in [5.74, 6) is 0.197. The first-order valence-electron chi connectivity index (χ1n) is 11.1. The van der Waals surface area contributed by atoms with E-state index in [9.17, 15) is 4.39 Å². The lowest BCUT2D eigenvalue weighted by Crippen LogP contribution is -1.97. The Bertz CT molecular complexity index is 1220. The number of nitrogens with zero attached hydrogens (tertiary/aromatic N) is 1. The molecule has 1 aromatic heterocycles. The van der Waals surface area contributed by atoms with E-state index in [-0.39, 0.29) is 11.6 Å². The van der Waals surface area contributed by atoms with E-state index in [1.54, 1.807) is 12.1 Å². The van der Waals surface area contributed by atoms with Crippen molar-refractivity contribution in [3.05, 3.63) is 83.9 Å². The van der Waals surface area contributed by atoms with E-state index in [1.165, 1.54) is 37.5 Å². The average Bonchev–Trinajstić information content (AvgIpc) is 2.80. The fourth-order valence-corrected chi connectivity index (χ4v) is 3.87. The molecular weight excluding hydrogens is 404 g/mol. The third-order valence-corrected chi connectivity index (χ3v) is 5.67. The minimum Gasteiger partial charge on any atom is -0.494 e. The Hall–Kier alpha value is -3.27. The fourth-order valence-electron chi connectivity index (χ4n) is 3.87. The number of aryl methyl sites for hydroxylation is 1. The number of fused-ring (bicyclic) bond motifs is 1. The van der Waals surface area contributed by atoms with Gasteiger partial charge in [-0.15, -0.1) is 0 Å². The number of aromatic nitrogens is 1. The summed E-state index contributed by atoms with van der Waals surface area (Å²) in [6.45, 7) is 4.80. The molecule has 0 saturated carbocycles. The minimum absolute atomic E-state index is 0.293. The van der Waals surface area contributed by atoms with E-state index in [0.717, 1.165) is 28.7 Å². The highest BCUT2D eigenvalue weighted by Crippen LogP contribution is 2.30. The van der Waals surface area contributed by atoms with Gasteiger partial charge in [-0.1, -0.05) is 50.5 Å². The van der Waals surface area contributed by atoms with Gasteiger partial charge in [0.1, 0.15) is 17.4 Å². The maximum Gasteiger partial charge on any atom is 0.131 e. The second-order valence-electron chi connectivity index (χ2n) is 8.11. The molecule has 0 spiro atoms. The summed E-state index contributed by atoms with van der Waals surface area (Å²) in [5, 5.41) is 0.763. The predicted octanol–water partition coefficient (Wildman–Crippen LogP) is 8.11. The monoisotopic (exact) mass is 431 g/mol. The number of hydrogen-bond donors (Lipinski definition) is 0. The highest BCUT2D eigenvalue weighted by Gasteiger charge is 2.11. The van der Waals surface area contributed by atoms with E-state index in [0.29, 0.717) is 28.9 Å². The van der Waals surface area contributed by atoms with Gasteiger partial charge in [0.25, 0.3) is 0 Å². The van der Waals surface area contributed by atoms with Gasteiger partial charge in [0.2, 0.25) is 0 Å². The van der Waals surface area contributed by atoms with Gasteiger partial charge in [-0.25, -0.2) is 13.8 Å². The van der Waals surface area contributed by atoms with Crippen molar-refractivity contribution in [3.63, 3.8) is 0 Å². The Kier molecular flexibility index (Phi) is 6.79. The van der Waals surface area contributed by atoms with Crippen LogP contribution in [0.25, 0.3) is 33.3 Å². The number of hydrogen-bond acceptors (Lipinski definition) is 2. The lowest BCUT2D eigenvalue weighted by atomic mass is 10.00. The van der Waals surface area contributed by atoms with Gasteiger partial charge in [0.15, 0.2) is 0 Å². The van der Waals surface area contributed by atoms with Crippen LogP contribution in [0.3, 0.4) is 0 Å². The van der Waals surface area contributed by atoms with Gasteiger partial charge in [0, 0.05) is 16.5 Å². The standard InChI is InChI=1S/C28H27F2NO/c1-3-4-5-6-15-32-23-11-7-20(8-12-23)24-13-9-21(17-26(24)30)28-16-19(2)25-18-22(29)10-14-27(25)31-28/h7-14,16-18H,3-6,15H2,1-2H3. The molecule has 1 heterocycles. The molecule has 0 aliphatic rings. The molecule has 32 heavy (non-hydrogen) atoms. The second-order valence-corrected chi connectivity index (χ2v) is 8.11. The number of pyridine rings is 1. The van der Waals surface area contributed by atoms with Crippen molar-refractivity contribution in [3.8, 4) is 28.1 Å². The molecule has 2 nitrogen and oxygen atoms in total. The lowest BCUT2D eigenvalue weighted by Gasteiger charge is -2.10. The maximum atomic E-state index is 15.0. The van der Waals surface area contributed by atoms with Crippen LogP contribution in [0.4, 0.5) is 8.78 Å². The Morgan fingerprint density at radius 3 is 2.34 bits per heavy atom. The van der Waals surface area contributed by atoms with Crippen LogP contribution in [0.1, 0.15) is 38.2 Å². The van der Waals surface area contributed by atoms with Gasteiger partial charge in [-0.3, -0.25) is 0 Å². The van der Waals surface area contributed by atoms with Crippen LogP contribution in [0.5, 0.6) is 5.75 Å². The molecule has 0 radical (unpaired) electrons. The van der Waals surface area contributed by atoms with Crippen molar-refractivity contribution in [1.29, 1.82) is 0 Å². The molecule has 164 valence electrons. The number of benzene rings is 3. The Balaban J connectivity index is 1.52. The predicted molar refractivity (Wildman–Crippen MR) is 127 cm³/mol. The molecule has 0 N–H and O–H groups in total. The molecule has 4 rings (SSSR count). The van der Waals surface area contributed by atoms with Crippen LogP contribution < -0.4 is 4.74 Å². The van der Waals surface area contributed by atoms with Crippen LogP contribution >= 0.6 is 0 Å². The summed E-state index contributed by atoms with van der Waals surface area (Å²) in [7, 11) is 0. The number of unbranched alkanes of at least 4 members (excludes halogenated alkanes) is 3. The molecule has 0 bridgehead atoms. The van der Waals surface area contributed by atoms with E-state index >= 15 is 4.39 Å². The van der Waals surface area contributed by atoms with Gasteiger partial charge >= 0.3 is 0 Å². The van der Waals surface area contributed by atoms with Crippen molar-refractivity contribution in [1.82, 2.24) is 4.98 Å². The molecule has 0 aliphatic carbocycles. The summed E-state index contributed by atoms with van der Waals surface area (Å²) in [4.78, 5) is 4.60. The molecule has 0 atom stereocenters. The highest BCUT2D eigenvalue weighted by molar-refractivity contribution is 5.85. The van der Waals surface area contributed by atoms with Crippen LogP contribution in [0.2, 0.25) is 0 Å². The molecule has 0 fully saturated rings. The largest absolute Gasteiger partial charge is 0.494 e. The summed E-state index contributed by atoms with van der Waals surface area (Å²) < 4.78 is 34.3. The van der Waals surface area contributed by atoms with Gasteiger partial charge in [0.05, 0.1) is 17.8 Å². The maximum absolute atomic E-state index is 15.0. The van der Waals surface area contributed by atoms with Gasteiger partial charge in [-0.05, 0) is 66.9 Å². The van der Waals surface area contributed by atoms with Crippen LogP contribution in [-0.4, -0.2) is 11.6 Å². The Morgan fingerprint density at radius 2 is 1.59 bits per heavy atom. The average molecular weight is 432 g/mol. The van der Waals surface area contributed by atoms with Crippen molar-refractivity contribution in [2.75, 3.05) is 6.61 Å². The Morgan fingerprint density at radius 1 is 0.812 bits per heavy atom. The van der Waals surface area contributed by atoms with Gasteiger partial charge < -0.3 is 4.74 Å². The molecule has 4 heteroatoms. The number of rotatable bonds is 8. The molecule has 0 aliphatic heterocycles. The van der Waals surface area contributed by atoms with Crippen molar-refractivity contribution < 1.29 is 13.5 Å². The smallest absolute Gasteiger partial charge is 0.131 e. The van der Waals surface area contributed by atoms with E-state index in [2.05, 4.69) is 11.9 Å². The summed E-state index contributed by atoms with van der Waals surface area (Å²) in [5.41, 5.74) is 4.27. The van der Waals surface area contributed by atoms with E-state index < -0.39 is 0 Å². The van der Waals surface area contributed by atoms with Crippen molar-refractivity contribution >= 4 is 10.9 Å². The summed E-state index contributed by atoms with van der Waals surface area (Å²) in [6, 6.07) is 19.1. The SMILES string of the molecule is CCCCCCOc1ccc(-c2ccc(-c3cc(C)c4cc(F)ccc4n3)cc2F)cc1. The summed E-state index contributed by atoms with van der Waals surface area (Å²) in [6.07, 6.45) is 4.65. The zero-order chi connectivity index (χ0) is 22.5. The molecule has 4 aromatic rings. The molecule has 0 amide bonds. The van der Waals surface area contributed by atoms with E-state index in [4.69, 9.17) is 4.74 Å². The van der Waals surface area contributed by atoms with Crippen LogP contribution in [0, 0.1) is 18.6 Å². The first-order chi connectivity index (χ1) is 15.5. The normalized spacial score (nSPS) is 11.1. The fraction of sp³-hybridized carbons (Fsp3) is 0.250. The summed E-state index contributed by atoms with van der Waals surface area (Å²) >= 11 is 0. The first kappa shape index (κ1) is 21.9. The van der Waals surface area contributed by atoms with Crippen LogP contribution in [-0.2, 0) is 0 Å². The zero-order valence-corrected chi connectivity index (χ0v) is 18.5. The van der Waals surface area contributed by atoms with Crippen molar-refractivity contribution in [2.24, 2.45) is 0 Å². The van der Waals surface area contributed by atoms with Crippen molar-refractivity contribution in [2.45, 2.75) is 39.5 Å². The lowest BCUT2D eigenvalue weighted by molar-refractivity contribution is 0.305. The molecular formula is C28H27F2NO. The molecule has 3 aromatic carbocycles. The molecule has 0 unspecified atom stereocenters. The Labute approximate surface area is 187 Å². The number of ether oxygens (including phenoxy) is 1. The van der Waals surface area contributed by atoms with E-state index in [1.807, 2.05) is 43.3 Å². The molecule has 0 saturated heterocycles. The topological polar surface area (TPSA) is 22.1 Å². The number of halogens is 2. The quantitative estimate of drug-likeness (QED) is 0.263. The van der Waals surface area contributed by atoms with Gasteiger partial charge in [-0.2, -0.15) is 0 Å². The highest BCUT2D eigenvalue weighted by atomic mass is 19.1. The first-order valence-corrected chi connectivity index (χ1v) is 11.1. The third-order valence-electron chi connectivity index (χ3n) is 5.67. The third kappa shape index (κ3) is 4.96. The minimum atomic E-state index is -0.311. The van der Waals surface area contributed by atoms with Crippen LogP contribution in [0.15, 0.2) is 66.7 Å². The zero-order valence-electron chi connectivity index (χ0n) is 18.5.